The highest BCUT2D eigenvalue weighted by molar-refractivity contribution is 6.60. The Hall–Kier alpha value is 0.0738. The summed E-state index contributed by atoms with van der Waals surface area (Å²) in [6.45, 7) is 2.88. The monoisotopic (exact) mass is 415 g/mol. The highest BCUT2D eigenvalue weighted by atomic mass is 28.4. The van der Waals surface area contributed by atoms with E-state index in [1.54, 1.807) is 42.7 Å². The molecule has 0 bridgehead atoms. The van der Waals surface area contributed by atoms with Crippen LogP contribution in [0.2, 0.25) is 12.1 Å². The molecule has 0 amide bonds. The number of rotatable bonds is 15. The van der Waals surface area contributed by atoms with Crippen LogP contribution in [-0.4, -0.2) is 92.7 Å². The van der Waals surface area contributed by atoms with Crippen LogP contribution in [0.25, 0.3) is 0 Å². The van der Waals surface area contributed by atoms with Gasteiger partial charge in [-0.1, -0.05) is 0 Å². The second-order valence-electron chi connectivity index (χ2n) is 5.62. The van der Waals surface area contributed by atoms with Crippen LogP contribution < -0.4 is 5.73 Å². The summed E-state index contributed by atoms with van der Waals surface area (Å²) in [5.41, 5.74) is 5.36. The van der Waals surface area contributed by atoms with E-state index in [0.29, 0.717) is 25.9 Å². The van der Waals surface area contributed by atoms with Gasteiger partial charge in [-0.15, -0.1) is 0 Å². The summed E-state index contributed by atoms with van der Waals surface area (Å²) in [5, 5.41) is 0. The highest BCUT2D eigenvalue weighted by Crippen LogP contribution is 2.16. The average molecular weight is 416 g/mol. The first-order valence-electron chi connectivity index (χ1n) is 8.71. The fourth-order valence-corrected chi connectivity index (χ4v) is 5.64. The van der Waals surface area contributed by atoms with Crippen molar-refractivity contribution in [2.75, 3.05) is 69.0 Å². The van der Waals surface area contributed by atoms with Gasteiger partial charge >= 0.3 is 17.6 Å². The smallest absolute Gasteiger partial charge is 0.379 e. The fourth-order valence-electron chi connectivity index (χ4n) is 2.20. The molecule has 9 nitrogen and oxygen atoms in total. The van der Waals surface area contributed by atoms with Crippen molar-refractivity contribution < 1.29 is 36.0 Å². The van der Waals surface area contributed by atoms with E-state index in [4.69, 9.17) is 41.8 Å². The minimum atomic E-state index is -2.39. The lowest BCUT2D eigenvalue weighted by atomic mass is 10.5. The van der Waals surface area contributed by atoms with Crippen molar-refractivity contribution >= 4 is 17.6 Å². The van der Waals surface area contributed by atoms with Gasteiger partial charge in [0.15, 0.2) is 0 Å². The van der Waals surface area contributed by atoms with Gasteiger partial charge in [0.2, 0.25) is 0 Å². The number of hydrogen-bond donors (Lipinski definition) is 1. The van der Waals surface area contributed by atoms with Crippen LogP contribution in [0.1, 0.15) is 12.8 Å². The minimum absolute atomic E-state index is 0.333. The van der Waals surface area contributed by atoms with Crippen molar-refractivity contribution in [2.24, 2.45) is 5.73 Å². The summed E-state index contributed by atoms with van der Waals surface area (Å²) in [4.78, 5) is 0. The van der Waals surface area contributed by atoms with Crippen molar-refractivity contribution in [1.82, 2.24) is 0 Å². The maximum absolute atomic E-state index is 5.42. The van der Waals surface area contributed by atoms with Crippen molar-refractivity contribution in [3.05, 3.63) is 0 Å². The Morgan fingerprint density at radius 3 is 1.58 bits per heavy atom. The lowest BCUT2D eigenvalue weighted by Gasteiger charge is -2.24. The van der Waals surface area contributed by atoms with Crippen molar-refractivity contribution in [2.45, 2.75) is 31.0 Å². The van der Waals surface area contributed by atoms with Gasteiger partial charge in [-0.25, -0.2) is 0 Å². The summed E-state index contributed by atoms with van der Waals surface area (Å²) in [6.07, 6.45) is 2.09. The Kier molecular flexibility index (Phi) is 15.1. The zero-order chi connectivity index (χ0) is 19.9. The third kappa shape index (κ3) is 10.4. The predicted octanol–water partition coefficient (Wildman–Crippen LogP) is 0.883. The summed E-state index contributed by atoms with van der Waals surface area (Å²) in [5.74, 6) is 0. The molecule has 0 radical (unpaired) electrons. The Bertz CT molecular complexity index is 312. The maximum atomic E-state index is 5.42. The molecule has 0 aromatic carbocycles. The average Bonchev–Trinajstić information content (AvgIpc) is 3.52. The van der Waals surface area contributed by atoms with E-state index >= 15 is 0 Å². The standard InChI is InChI=1S/C9H20O5Si.C6H17NO3Si/c1-10-15(11-2,12-3)6-4-5-13-7-9-8-14-9;1-8-11(9-2,10-3)6-4-5-7/h9H,4-8H2,1-3H3;4-7H2,1-3H3. The molecule has 1 aliphatic heterocycles. The molecule has 2 N–H and O–H groups in total. The third-order valence-electron chi connectivity index (χ3n) is 4.03. The molecule has 1 rings (SSSR count). The van der Waals surface area contributed by atoms with Gasteiger partial charge < -0.3 is 41.8 Å². The van der Waals surface area contributed by atoms with Gasteiger partial charge in [0.25, 0.3) is 0 Å². The second kappa shape index (κ2) is 15.0. The molecule has 1 fully saturated rings. The SMILES string of the molecule is CO[Si](CCCN)(OC)OC.CO[Si](CCCOCC1CO1)(OC)OC. The molecule has 1 heterocycles. The Balaban J connectivity index is 0.000000508. The molecular weight excluding hydrogens is 378 g/mol. The first-order valence-corrected chi connectivity index (χ1v) is 12.6. The molecule has 0 saturated carbocycles. The maximum Gasteiger partial charge on any atom is 0.500 e. The van der Waals surface area contributed by atoms with E-state index < -0.39 is 17.6 Å². The van der Waals surface area contributed by atoms with Crippen LogP contribution in [0.15, 0.2) is 0 Å². The number of hydrogen-bond acceptors (Lipinski definition) is 9. The Labute approximate surface area is 160 Å². The van der Waals surface area contributed by atoms with E-state index in [1.165, 1.54) is 0 Å². The number of nitrogens with two attached hydrogens (primary N) is 1. The molecule has 158 valence electrons. The van der Waals surface area contributed by atoms with E-state index in [1.807, 2.05) is 0 Å². The topological polar surface area (TPSA) is 103 Å². The zero-order valence-electron chi connectivity index (χ0n) is 17.1. The zero-order valence-corrected chi connectivity index (χ0v) is 19.1. The Morgan fingerprint density at radius 2 is 1.23 bits per heavy atom. The lowest BCUT2D eigenvalue weighted by Crippen LogP contribution is -2.42. The molecular formula is C15H37NO8Si2. The molecule has 1 saturated heterocycles. The molecule has 0 spiro atoms. The third-order valence-corrected chi connectivity index (χ3v) is 9.69. The van der Waals surface area contributed by atoms with E-state index in [0.717, 1.165) is 31.5 Å². The first kappa shape index (κ1) is 26.1. The second-order valence-corrected chi connectivity index (χ2v) is 11.8. The van der Waals surface area contributed by atoms with Crippen LogP contribution >= 0.6 is 0 Å². The van der Waals surface area contributed by atoms with Gasteiger partial charge in [-0.3, -0.25) is 0 Å². The normalized spacial score (nSPS) is 17.0. The molecule has 1 unspecified atom stereocenters. The summed E-state index contributed by atoms with van der Waals surface area (Å²) >= 11 is 0. The molecule has 11 heteroatoms. The van der Waals surface area contributed by atoms with Crippen LogP contribution in [0.3, 0.4) is 0 Å². The van der Waals surface area contributed by atoms with Crippen LogP contribution in [0.5, 0.6) is 0 Å². The summed E-state index contributed by atoms with van der Waals surface area (Å²) in [6, 6.07) is 1.56. The fraction of sp³-hybridized carbons (Fsp3) is 1.00. The van der Waals surface area contributed by atoms with Crippen LogP contribution in [0, 0.1) is 0 Å². The number of epoxide rings is 1. The molecule has 0 aromatic heterocycles. The van der Waals surface area contributed by atoms with E-state index in [9.17, 15) is 0 Å². The van der Waals surface area contributed by atoms with Crippen molar-refractivity contribution in [1.29, 1.82) is 0 Å². The molecule has 0 aliphatic carbocycles. The molecule has 1 aliphatic rings. The largest absolute Gasteiger partial charge is 0.500 e. The van der Waals surface area contributed by atoms with Crippen LogP contribution in [-0.2, 0) is 36.0 Å². The summed E-state index contributed by atoms with van der Waals surface area (Å²) < 4.78 is 41.8. The minimum Gasteiger partial charge on any atom is -0.379 e. The summed E-state index contributed by atoms with van der Waals surface area (Å²) in [7, 11) is 4.98. The molecule has 0 aromatic rings. The first-order chi connectivity index (χ1) is 12.5. The lowest BCUT2D eigenvalue weighted by molar-refractivity contribution is 0.100. The molecule has 1 atom stereocenters. The Morgan fingerprint density at radius 1 is 0.808 bits per heavy atom. The predicted molar refractivity (Wildman–Crippen MR) is 102 cm³/mol. The highest BCUT2D eigenvalue weighted by Gasteiger charge is 2.37. The molecule has 26 heavy (non-hydrogen) atoms. The van der Waals surface area contributed by atoms with Crippen LogP contribution in [0.4, 0.5) is 0 Å². The van der Waals surface area contributed by atoms with E-state index in [2.05, 4.69) is 0 Å². The van der Waals surface area contributed by atoms with Gasteiger partial charge in [-0.2, -0.15) is 0 Å². The van der Waals surface area contributed by atoms with Gasteiger partial charge in [-0.05, 0) is 19.4 Å². The van der Waals surface area contributed by atoms with E-state index in [-0.39, 0.29) is 0 Å². The number of ether oxygens (including phenoxy) is 2. The quantitative estimate of drug-likeness (QED) is 0.237. The van der Waals surface area contributed by atoms with Crippen molar-refractivity contribution in [3.8, 4) is 0 Å². The van der Waals surface area contributed by atoms with Gasteiger partial charge in [0, 0.05) is 61.4 Å². The van der Waals surface area contributed by atoms with Crippen molar-refractivity contribution in [3.63, 3.8) is 0 Å². The van der Waals surface area contributed by atoms with Gasteiger partial charge in [0.05, 0.1) is 13.2 Å². The van der Waals surface area contributed by atoms with Gasteiger partial charge in [0.1, 0.15) is 6.10 Å².